The van der Waals surface area contributed by atoms with Gasteiger partial charge in [-0.15, -0.1) is 0 Å². The van der Waals surface area contributed by atoms with Gasteiger partial charge in [-0.1, -0.05) is 6.92 Å². The van der Waals surface area contributed by atoms with Crippen LogP contribution in [0.15, 0.2) is 0 Å². The molecule has 0 bridgehead atoms. The first-order valence-corrected chi connectivity index (χ1v) is 5.66. The first-order chi connectivity index (χ1) is 5.70. The molecule has 3 heteroatoms. The van der Waals surface area contributed by atoms with Crippen molar-refractivity contribution in [1.29, 1.82) is 0 Å². The predicted octanol–water partition coefficient (Wildman–Crippen LogP) is 2.24. The molecule has 0 aliphatic carbocycles. The summed E-state index contributed by atoms with van der Waals surface area (Å²) in [6.45, 7) is 1.80. The Balaban J connectivity index is 2.11. The quantitative estimate of drug-likeness (QED) is 0.735. The van der Waals surface area contributed by atoms with Crippen LogP contribution in [0.4, 0.5) is 0 Å². The van der Waals surface area contributed by atoms with Crippen molar-refractivity contribution in [3.05, 3.63) is 0 Å². The maximum atomic E-state index is 10.5. The average molecular weight is 188 g/mol. The summed E-state index contributed by atoms with van der Waals surface area (Å²) < 4.78 is 0. The van der Waals surface area contributed by atoms with E-state index in [2.05, 4.69) is 0 Å². The van der Waals surface area contributed by atoms with E-state index in [-0.39, 0.29) is 5.92 Å². The summed E-state index contributed by atoms with van der Waals surface area (Å²) in [5.41, 5.74) is 0. The fraction of sp³-hybridized carbons (Fsp3) is 0.889. The van der Waals surface area contributed by atoms with E-state index in [4.69, 9.17) is 5.11 Å². The maximum absolute atomic E-state index is 10.5. The number of rotatable bonds is 4. The topological polar surface area (TPSA) is 37.3 Å². The Morgan fingerprint density at radius 2 is 2.50 bits per heavy atom. The Bertz CT molecular complexity index is 153. The minimum absolute atomic E-state index is 0.157. The van der Waals surface area contributed by atoms with Crippen molar-refractivity contribution in [3.8, 4) is 0 Å². The molecular weight excluding hydrogens is 172 g/mol. The van der Waals surface area contributed by atoms with Crippen LogP contribution in [0.2, 0.25) is 0 Å². The van der Waals surface area contributed by atoms with Crippen molar-refractivity contribution in [1.82, 2.24) is 0 Å². The summed E-state index contributed by atoms with van der Waals surface area (Å²) in [6.07, 6.45) is 3.23. The largest absolute Gasteiger partial charge is 0.481 e. The van der Waals surface area contributed by atoms with Gasteiger partial charge in [0, 0.05) is 0 Å². The molecule has 0 spiro atoms. The van der Waals surface area contributed by atoms with E-state index in [1.165, 1.54) is 17.9 Å². The molecule has 1 rings (SSSR count). The predicted molar refractivity (Wildman–Crippen MR) is 51.5 cm³/mol. The van der Waals surface area contributed by atoms with E-state index in [1.807, 2.05) is 11.8 Å². The van der Waals surface area contributed by atoms with Gasteiger partial charge in [0.25, 0.3) is 0 Å². The van der Waals surface area contributed by atoms with Crippen LogP contribution in [-0.4, -0.2) is 22.6 Å². The number of carbonyl (C=O) groups is 1. The monoisotopic (exact) mass is 188 g/mol. The Hall–Kier alpha value is -0.180. The fourth-order valence-electron chi connectivity index (χ4n) is 1.42. The molecule has 2 atom stereocenters. The molecular formula is C9H16O2S. The molecule has 2 unspecified atom stereocenters. The number of hydrogen-bond donors (Lipinski definition) is 1. The number of carboxylic acids is 1. The smallest absolute Gasteiger partial charge is 0.306 e. The first kappa shape index (κ1) is 9.90. The van der Waals surface area contributed by atoms with Crippen LogP contribution in [-0.2, 0) is 4.79 Å². The first-order valence-electron chi connectivity index (χ1n) is 4.50. The molecule has 0 aromatic heterocycles. The Morgan fingerprint density at radius 3 is 3.00 bits per heavy atom. The summed E-state index contributed by atoms with van der Waals surface area (Å²) in [6, 6.07) is 0. The van der Waals surface area contributed by atoms with Gasteiger partial charge in [0.05, 0.1) is 5.92 Å². The number of hydrogen-bond acceptors (Lipinski definition) is 2. The second-order valence-electron chi connectivity index (χ2n) is 3.55. The summed E-state index contributed by atoms with van der Waals surface area (Å²) in [5.74, 6) is 2.49. The van der Waals surface area contributed by atoms with Crippen molar-refractivity contribution in [2.75, 3.05) is 11.5 Å². The zero-order valence-electron chi connectivity index (χ0n) is 7.45. The van der Waals surface area contributed by atoms with Crippen molar-refractivity contribution in [2.45, 2.75) is 26.2 Å². The SMILES string of the molecule is CC(CCC1CCSC1)C(=O)O. The van der Waals surface area contributed by atoms with E-state index in [9.17, 15) is 4.79 Å². The Morgan fingerprint density at radius 1 is 1.75 bits per heavy atom. The zero-order chi connectivity index (χ0) is 8.97. The van der Waals surface area contributed by atoms with Crippen molar-refractivity contribution in [2.24, 2.45) is 11.8 Å². The van der Waals surface area contributed by atoms with Crippen LogP contribution in [0.5, 0.6) is 0 Å². The number of carboxylic acid groups (broad SMARTS) is 1. The lowest BCUT2D eigenvalue weighted by atomic mass is 9.97. The van der Waals surface area contributed by atoms with Crippen molar-refractivity contribution < 1.29 is 9.90 Å². The van der Waals surface area contributed by atoms with Crippen LogP contribution >= 0.6 is 11.8 Å². The molecule has 0 radical (unpaired) electrons. The lowest BCUT2D eigenvalue weighted by Gasteiger charge is -2.09. The molecule has 2 nitrogen and oxygen atoms in total. The normalized spacial score (nSPS) is 25.6. The van der Waals surface area contributed by atoms with Crippen molar-refractivity contribution >= 4 is 17.7 Å². The molecule has 0 aromatic rings. The van der Waals surface area contributed by atoms with E-state index in [0.29, 0.717) is 0 Å². The summed E-state index contributed by atoms with van der Waals surface area (Å²) in [4.78, 5) is 10.5. The Labute approximate surface area is 77.7 Å². The number of thioether (sulfide) groups is 1. The third kappa shape index (κ3) is 3.05. The highest BCUT2D eigenvalue weighted by molar-refractivity contribution is 7.99. The molecule has 12 heavy (non-hydrogen) atoms. The standard InChI is InChI=1S/C9H16O2S/c1-7(9(10)11)2-3-8-4-5-12-6-8/h7-8H,2-6H2,1H3,(H,10,11). The van der Waals surface area contributed by atoms with E-state index in [1.54, 1.807) is 6.92 Å². The van der Waals surface area contributed by atoms with Gasteiger partial charge in [0.15, 0.2) is 0 Å². The minimum Gasteiger partial charge on any atom is -0.481 e. The second-order valence-corrected chi connectivity index (χ2v) is 4.70. The van der Waals surface area contributed by atoms with Crippen molar-refractivity contribution in [3.63, 3.8) is 0 Å². The second kappa shape index (κ2) is 4.75. The summed E-state index contributed by atoms with van der Waals surface area (Å²) in [5, 5.41) is 8.65. The highest BCUT2D eigenvalue weighted by Gasteiger charge is 2.18. The molecule has 1 fully saturated rings. The lowest BCUT2D eigenvalue weighted by Crippen LogP contribution is -2.11. The van der Waals surface area contributed by atoms with Crippen LogP contribution in [0.1, 0.15) is 26.2 Å². The van der Waals surface area contributed by atoms with Crippen LogP contribution < -0.4 is 0 Å². The molecule has 1 saturated heterocycles. The van der Waals surface area contributed by atoms with E-state index >= 15 is 0 Å². The lowest BCUT2D eigenvalue weighted by molar-refractivity contribution is -0.141. The van der Waals surface area contributed by atoms with Gasteiger partial charge in [-0.25, -0.2) is 0 Å². The van der Waals surface area contributed by atoms with E-state index in [0.717, 1.165) is 18.8 Å². The summed E-state index contributed by atoms with van der Waals surface area (Å²) >= 11 is 1.99. The van der Waals surface area contributed by atoms with Crippen LogP contribution in [0.25, 0.3) is 0 Å². The van der Waals surface area contributed by atoms with Gasteiger partial charge >= 0.3 is 5.97 Å². The molecule has 1 aliphatic heterocycles. The highest BCUT2D eigenvalue weighted by atomic mass is 32.2. The number of aliphatic carboxylic acids is 1. The summed E-state index contributed by atoms with van der Waals surface area (Å²) in [7, 11) is 0. The third-order valence-corrected chi connectivity index (χ3v) is 3.68. The van der Waals surface area contributed by atoms with Gasteiger partial charge < -0.3 is 5.11 Å². The van der Waals surface area contributed by atoms with Gasteiger partial charge in [-0.3, -0.25) is 4.79 Å². The van der Waals surface area contributed by atoms with Gasteiger partial charge in [-0.2, -0.15) is 11.8 Å². The highest BCUT2D eigenvalue weighted by Crippen LogP contribution is 2.28. The molecule has 0 amide bonds. The molecule has 0 aromatic carbocycles. The molecule has 1 N–H and O–H groups in total. The molecule has 70 valence electrons. The fourth-order valence-corrected chi connectivity index (χ4v) is 2.75. The Kier molecular flexibility index (Phi) is 3.92. The third-order valence-electron chi connectivity index (χ3n) is 2.45. The molecule has 1 heterocycles. The zero-order valence-corrected chi connectivity index (χ0v) is 8.27. The minimum atomic E-state index is -0.652. The van der Waals surface area contributed by atoms with Crippen LogP contribution in [0.3, 0.4) is 0 Å². The van der Waals surface area contributed by atoms with Gasteiger partial charge in [0.2, 0.25) is 0 Å². The van der Waals surface area contributed by atoms with E-state index < -0.39 is 5.97 Å². The molecule has 0 saturated carbocycles. The van der Waals surface area contributed by atoms with Crippen LogP contribution in [0, 0.1) is 11.8 Å². The van der Waals surface area contributed by atoms with Gasteiger partial charge in [-0.05, 0) is 36.7 Å². The average Bonchev–Trinajstić information content (AvgIpc) is 2.51. The molecule has 1 aliphatic rings. The maximum Gasteiger partial charge on any atom is 0.306 e. The van der Waals surface area contributed by atoms with Gasteiger partial charge in [0.1, 0.15) is 0 Å².